The number of benzene rings is 1. The fourth-order valence-corrected chi connectivity index (χ4v) is 5.11. The number of fused-ring (bicyclic) bond motifs is 3. The number of hydrogen-bond donors (Lipinski definition) is 1. The van der Waals surface area contributed by atoms with E-state index < -0.39 is 5.54 Å². The van der Waals surface area contributed by atoms with Crippen molar-refractivity contribution in [2.45, 2.75) is 89.8 Å². The largest absolute Gasteiger partial charge is 0.351 e. The first-order chi connectivity index (χ1) is 14.5. The van der Waals surface area contributed by atoms with Crippen molar-refractivity contribution < 1.29 is 9.59 Å². The molecule has 0 radical (unpaired) electrons. The van der Waals surface area contributed by atoms with Crippen LogP contribution >= 0.6 is 0 Å². The lowest BCUT2D eigenvalue weighted by Crippen LogP contribution is -2.65. The van der Waals surface area contributed by atoms with Crippen molar-refractivity contribution in [1.82, 2.24) is 14.8 Å². The smallest absolute Gasteiger partial charge is 0.271 e. The quantitative estimate of drug-likeness (QED) is 0.765. The van der Waals surface area contributed by atoms with Gasteiger partial charge in [0.15, 0.2) is 0 Å². The van der Waals surface area contributed by atoms with Gasteiger partial charge in [0.25, 0.3) is 5.91 Å². The van der Waals surface area contributed by atoms with Gasteiger partial charge in [0, 0.05) is 23.5 Å². The standard InChI is InChI=1S/C25H35N3O2/c1-3-4-16-28-23(29)22-17-19-12-10-11-15-21(19)27(22)18-25(28,2)24(30)26-20-13-8-6-5-7-9-14-20/h10-12,15,17,20H,3-9,13-14,16,18H2,1-2H3,(H,26,30)/t25-/m0/s1. The number of nitrogens with one attached hydrogen (secondary N) is 1. The molecule has 0 bridgehead atoms. The van der Waals surface area contributed by atoms with Gasteiger partial charge in [-0.1, -0.05) is 63.6 Å². The average Bonchev–Trinajstić information content (AvgIpc) is 3.08. The molecule has 2 heterocycles. The maximum absolute atomic E-state index is 13.7. The summed E-state index contributed by atoms with van der Waals surface area (Å²) in [6.07, 6.45) is 10.1. The van der Waals surface area contributed by atoms with Crippen molar-refractivity contribution in [3.8, 4) is 0 Å². The van der Waals surface area contributed by atoms with Crippen LogP contribution in [0.5, 0.6) is 0 Å². The summed E-state index contributed by atoms with van der Waals surface area (Å²) in [4.78, 5) is 29.0. The van der Waals surface area contributed by atoms with Crippen molar-refractivity contribution in [1.29, 1.82) is 0 Å². The highest BCUT2D eigenvalue weighted by Crippen LogP contribution is 2.33. The molecule has 1 aliphatic heterocycles. The zero-order chi connectivity index (χ0) is 21.1. The lowest BCUT2D eigenvalue weighted by atomic mass is 9.92. The van der Waals surface area contributed by atoms with E-state index in [4.69, 9.17) is 0 Å². The molecule has 2 aromatic rings. The number of carbonyl (C=O) groups is 2. The number of carbonyl (C=O) groups excluding carboxylic acids is 2. The van der Waals surface area contributed by atoms with Crippen molar-refractivity contribution in [3.05, 3.63) is 36.0 Å². The van der Waals surface area contributed by atoms with Crippen molar-refractivity contribution in [2.24, 2.45) is 0 Å². The van der Waals surface area contributed by atoms with Gasteiger partial charge in [-0.05, 0) is 38.3 Å². The molecule has 1 saturated carbocycles. The van der Waals surface area contributed by atoms with Gasteiger partial charge in [0.1, 0.15) is 11.2 Å². The van der Waals surface area contributed by atoms with Crippen LogP contribution in [-0.4, -0.2) is 39.4 Å². The van der Waals surface area contributed by atoms with Gasteiger partial charge >= 0.3 is 0 Å². The minimum atomic E-state index is -0.872. The predicted molar refractivity (Wildman–Crippen MR) is 121 cm³/mol. The van der Waals surface area contributed by atoms with Crippen LogP contribution in [0.15, 0.2) is 30.3 Å². The van der Waals surface area contributed by atoms with Crippen molar-refractivity contribution in [3.63, 3.8) is 0 Å². The van der Waals surface area contributed by atoms with Gasteiger partial charge in [-0.3, -0.25) is 9.59 Å². The van der Waals surface area contributed by atoms with E-state index in [1.807, 2.05) is 42.2 Å². The minimum Gasteiger partial charge on any atom is -0.351 e. The molecule has 0 unspecified atom stereocenters. The molecule has 5 nitrogen and oxygen atoms in total. The Morgan fingerprint density at radius 2 is 1.83 bits per heavy atom. The maximum atomic E-state index is 13.7. The third-order valence-corrected chi connectivity index (χ3v) is 7.00. The number of para-hydroxylation sites is 1. The summed E-state index contributed by atoms with van der Waals surface area (Å²) in [5.74, 6) is -0.0258. The Balaban J connectivity index is 1.65. The Morgan fingerprint density at radius 1 is 1.13 bits per heavy atom. The van der Waals surface area contributed by atoms with Gasteiger partial charge in [-0.15, -0.1) is 0 Å². The third kappa shape index (κ3) is 3.86. The van der Waals surface area contributed by atoms with Gasteiger partial charge in [0.2, 0.25) is 5.91 Å². The molecule has 5 heteroatoms. The predicted octanol–water partition coefficient (Wildman–Crippen LogP) is 4.89. The highest BCUT2D eigenvalue weighted by molar-refractivity contribution is 6.03. The average molecular weight is 410 g/mol. The SMILES string of the molecule is CCCCN1C(=O)c2cc3ccccc3n2C[C@@]1(C)C(=O)NC1CCCCCCC1. The molecule has 2 amide bonds. The first kappa shape index (κ1) is 21.0. The van der Waals surface area contributed by atoms with E-state index in [1.165, 1.54) is 32.1 Å². The molecule has 2 aliphatic rings. The zero-order valence-electron chi connectivity index (χ0n) is 18.5. The Labute approximate surface area is 179 Å². The van der Waals surface area contributed by atoms with E-state index in [9.17, 15) is 9.59 Å². The summed E-state index contributed by atoms with van der Waals surface area (Å²) < 4.78 is 2.05. The summed E-state index contributed by atoms with van der Waals surface area (Å²) in [5, 5.41) is 4.41. The Bertz CT molecular complexity index is 910. The third-order valence-electron chi connectivity index (χ3n) is 7.00. The van der Waals surface area contributed by atoms with E-state index >= 15 is 0 Å². The van der Waals surface area contributed by atoms with Crippen LogP contribution in [-0.2, 0) is 11.3 Å². The number of rotatable bonds is 5. The molecule has 0 spiro atoms. The van der Waals surface area contributed by atoms with E-state index in [0.29, 0.717) is 18.8 Å². The number of nitrogens with zero attached hydrogens (tertiary/aromatic N) is 2. The van der Waals surface area contributed by atoms with Crippen LogP contribution in [0.3, 0.4) is 0 Å². The van der Waals surface area contributed by atoms with Crippen LogP contribution in [0.2, 0.25) is 0 Å². The minimum absolute atomic E-state index is 0.000887. The lowest BCUT2D eigenvalue weighted by molar-refractivity contribution is -0.133. The van der Waals surface area contributed by atoms with Crippen LogP contribution in [0.25, 0.3) is 10.9 Å². The second-order valence-corrected chi connectivity index (χ2v) is 9.27. The monoisotopic (exact) mass is 409 g/mol. The van der Waals surface area contributed by atoms with E-state index in [1.54, 1.807) is 0 Å². The summed E-state index contributed by atoms with van der Waals surface area (Å²) in [6.45, 7) is 5.20. The van der Waals surface area contributed by atoms with Crippen LogP contribution in [0.1, 0.15) is 82.1 Å². The topological polar surface area (TPSA) is 54.3 Å². The van der Waals surface area contributed by atoms with Gasteiger partial charge in [-0.25, -0.2) is 0 Å². The fraction of sp³-hybridized carbons (Fsp3) is 0.600. The van der Waals surface area contributed by atoms with Gasteiger partial charge < -0.3 is 14.8 Å². The van der Waals surface area contributed by atoms with E-state index in [-0.39, 0.29) is 17.9 Å². The zero-order valence-corrected chi connectivity index (χ0v) is 18.5. The normalized spacial score (nSPS) is 23.1. The molecule has 4 rings (SSSR count). The Kier molecular flexibility index (Phi) is 6.16. The molecule has 162 valence electrons. The molecule has 1 aromatic carbocycles. The number of unbranched alkanes of at least 4 members (excludes halogenated alkanes) is 1. The Hall–Kier alpha value is -2.30. The molecule has 0 saturated heterocycles. The second-order valence-electron chi connectivity index (χ2n) is 9.27. The number of hydrogen-bond acceptors (Lipinski definition) is 2. The van der Waals surface area contributed by atoms with Crippen molar-refractivity contribution in [2.75, 3.05) is 6.54 Å². The maximum Gasteiger partial charge on any atom is 0.271 e. The molecule has 1 fully saturated rings. The molecule has 1 N–H and O–H groups in total. The van der Waals surface area contributed by atoms with Gasteiger partial charge in [-0.2, -0.15) is 0 Å². The van der Waals surface area contributed by atoms with Crippen LogP contribution in [0.4, 0.5) is 0 Å². The fourth-order valence-electron chi connectivity index (χ4n) is 5.11. The number of aromatic nitrogens is 1. The summed E-state index contributed by atoms with van der Waals surface area (Å²) >= 11 is 0. The molecule has 30 heavy (non-hydrogen) atoms. The van der Waals surface area contributed by atoms with Crippen LogP contribution in [0, 0.1) is 0 Å². The van der Waals surface area contributed by atoms with E-state index in [2.05, 4.69) is 16.8 Å². The molecule has 1 atom stereocenters. The number of amides is 2. The molecule has 1 aliphatic carbocycles. The Morgan fingerprint density at radius 3 is 2.57 bits per heavy atom. The van der Waals surface area contributed by atoms with Gasteiger partial charge in [0.05, 0.1) is 6.54 Å². The highest BCUT2D eigenvalue weighted by atomic mass is 16.2. The van der Waals surface area contributed by atoms with Crippen molar-refractivity contribution >= 4 is 22.7 Å². The summed E-state index contributed by atoms with van der Waals surface area (Å²) in [5.41, 5.74) is 0.855. The molecule has 1 aromatic heterocycles. The van der Waals surface area contributed by atoms with Crippen LogP contribution < -0.4 is 5.32 Å². The molecular weight excluding hydrogens is 374 g/mol. The first-order valence-corrected chi connectivity index (χ1v) is 11.8. The summed E-state index contributed by atoms with van der Waals surface area (Å²) in [7, 11) is 0. The summed E-state index contributed by atoms with van der Waals surface area (Å²) in [6, 6.07) is 10.3. The first-order valence-electron chi connectivity index (χ1n) is 11.8. The lowest BCUT2D eigenvalue weighted by Gasteiger charge is -2.44. The van der Waals surface area contributed by atoms with E-state index in [0.717, 1.165) is 36.6 Å². The second kappa shape index (κ2) is 8.83. The molecular formula is C25H35N3O2. The highest BCUT2D eigenvalue weighted by Gasteiger charge is 2.47.